The predicted molar refractivity (Wildman–Crippen MR) is 75.4 cm³/mol. The molecular formula is C16H14N2O. The monoisotopic (exact) mass is 250 g/mol. The number of rotatable bonds is 2. The van der Waals surface area contributed by atoms with E-state index in [1.165, 1.54) is 0 Å². The molecule has 3 heteroatoms. The van der Waals surface area contributed by atoms with Gasteiger partial charge in [0.15, 0.2) is 5.78 Å². The minimum Gasteiger partial charge on any atom is -0.360 e. The lowest BCUT2D eigenvalue weighted by Gasteiger charge is -2.07. The van der Waals surface area contributed by atoms with Crippen molar-refractivity contribution in [2.75, 3.05) is 0 Å². The number of aryl methyl sites for hydroxylation is 2. The van der Waals surface area contributed by atoms with Crippen molar-refractivity contribution in [3.8, 4) is 0 Å². The summed E-state index contributed by atoms with van der Waals surface area (Å²) in [5, 5.41) is 0.871. The number of nitrogens with zero attached hydrogens (tertiary/aromatic N) is 1. The molecule has 3 rings (SSSR count). The van der Waals surface area contributed by atoms with E-state index in [1.807, 2.05) is 38.1 Å². The van der Waals surface area contributed by atoms with Crippen LogP contribution in [0.15, 0.2) is 42.9 Å². The number of ketones is 1. The van der Waals surface area contributed by atoms with Crippen molar-refractivity contribution in [2.24, 2.45) is 0 Å². The van der Waals surface area contributed by atoms with Crippen LogP contribution in [-0.2, 0) is 0 Å². The zero-order valence-corrected chi connectivity index (χ0v) is 10.9. The Bertz CT molecular complexity index is 751. The van der Waals surface area contributed by atoms with Gasteiger partial charge in [-0.3, -0.25) is 9.78 Å². The quantitative estimate of drug-likeness (QED) is 0.708. The Hall–Kier alpha value is -2.42. The normalized spacial score (nSPS) is 10.8. The van der Waals surface area contributed by atoms with Crippen molar-refractivity contribution in [1.29, 1.82) is 0 Å². The number of aromatic amines is 1. The summed E-state index contributed by atoms with van der Waals surface area (Å²) in [6.07, 6.45) is 5.21. The van der Waals surface area contributed by atoms with E-state index < -0.39 is 0 Å². The predicted octanol–water partition coefficient (Wildman–Crippen LogP) is 3.41. The van der Waals surface area contributed by atoms with E-state index in [-0.39, 0.29) is 5.78 Å². The Labute approximate surface area is 111 Å². The van der Waals surface area contributed by atoms with Gasteiger partial charge in [0, 0.05) is 40.6 Å². The molecule has 0 saturated heterocycles. The summed E-state index contributed by atoms with van der Waals surface area (Å²) in [5.74, 6) is 0.0508. The number of carbonyl (C=O) groups excluding carboxylic acids is 1. The van der Waals surface area contributed by atoms with E-state index in [9.17, 15) is 4.79 Å². The maximum absolute atomic E-state index is 12.7. The standard InChI is InChI=1S/C16H14N2O/c1-10-4-3-5-11(2)15(10)16(19)13-9-18-14-6-7-17-8-12(13)14/h3-9,18H,1-2H3. The smallest absolute Gasteiger partial charge is 0.195 e. The van der Waals surface area contributed by atoms with E-state index in [2.05, 4.69) is 9.97 Å². The van der Waals surface area contributed by atoms with Crippen LogP contribution in [0.4, 0.5) is 0 Å². The van der Waals surface area contributed by atoms with Crippen LogP contribution in [-0.4, -0.2) is 15.8 Å². The first-order valence-electron chi connectivity index (χ1n) is 6.20. The number of benzene rings is 1. The summed E-state index contributed by atoms with van der Waals surface area (Å²) in [4.78, 5) is 19.9. The highest BCUT2D eigenvalue weighted by Gasteiger charge is 2.17. The molecule has 0 aliphatic carbocycles. The van der Waals surface area contributed by atoms with Crippen molar-refractivity contribution >= 4 is 16.7 Å². The molecule has 0 spiro atoms. The average Bonchev–Trinajstić information content (AvgIpc) is 2.82. The molecular weight excluding hydrogens is 236 g/mol. The van der Waals surface area contributed by atoms with Gasteiger partial charge in [-0.2, -0.15) is 0 Å². The third-order valence-corrected chi connectivity index (χ3v) is 3.44. The Kier molecular flexibility index (Phi) is 2.67. The minimum absolute atomic E-state index is 0.0508. The molecule has 0 fully saturated rings. The Morgan fingerprint density at radius 1 is 1.16 bits per heavy atom. The summed E-state index contributed by atoms with van der Waals surface area (Å²) < 4.78 is 0. The van der Waals surface area contributed by atoms with E-state index in [4.69, 9.17) is 0 Å². The van der Waals surface area contributed by atoms with E-state index >= 15 is 0 Å². The average molecular weight is 250 g/mol. The zero-order chi connectivity index (χ0) is 13.4. The highest BCUT2D eigenvalue weighted by Crippen LogP contribution is 2.23. The third kappa shape index (κ3) is 1.83. The topological polar surface area (TPSA) is 45.8 Å². The van der Waals surface area contributed by atoms with Gasteiger partial charge in [0.25, 0.3) is 0 Å². The first-order chi connectivity index (χ1) is 9.18. The molecule has 0 atom stereocenters. The molecule has 0 saturated carbocycles. The zero-order valence-electron chi connectivity index (χ0n) is 10.9. The van der Waals surface area contributed by atoms with Gasteiger partial charge in [-0.25, -0.2) is 0 Å². The van der Waals surface area contributed by atoms with Crippen LogP contribution in [0.25, 0.3) is 10.9 Å². The number of fused-ring (bicyclic) bond motifs is 1. The first kappa shape index (κ1) is 11.7. The van der Waals surface area contributed by atoms with Gasteiger partial charge in [-0.05, 0) is 31.0 Å². The molecule has 0 radical (unpaired) electrons. The lowest BCUT2D eigenvalue weighted by Crippen LogP contribution is -2.05. The molecule has 94 valence electrons. The Morgan fingerprint density at radius 2 is 1.89 bits per heavy atom. The maximum Gasteiger partial charge on any atom is 0.195 e. The second-order valence-corrected chi connectivity index (χ2v) is 4.72. The Balaban J connectivity index is 2.20. The fraction of sp³-hybridized carbons (Fsp3) is 0.125. The summed E-state index contributed by atoms with van der Waals surface area (Å²) in [6, 6.07) is 7.77. The lowest BCUT2D eigenvalue weighted by atomic mass is 9.95. The maximum atomic E-state index is 12.7. The molecule has 0 amide bonds. The van der Waals surface area contributed by atoms with Gasteiger partial charge in [-0.1, -0.05) is 18.2 Å². The van der Waals surface area contributed by atoms with E-state index in [1.54, 1.807) is 18.6 Å². The lowest BCUT2D eigenvalue weighted by molar-refractivity contribution is 0.103. The first-order valence-corrected chi connectivity index (χ1v) is 6.20. The van der Waals surface area contributed by atoms with Gasteiger partial charge >= 0.3 is 0 Å². The van der Waals surface area contributed by atoms with Crippen LogP contribution in [0.3, 0.4) is 0 Å². The van der Waals surface area contributed by atoms with E-state index in [0.717, 1.165) is 27.6 Å². The molecule has 3 aromatic rings. The van der Waals surface area contributed by atoms with E-state index in [0.29, 0.717) is 5.56 Å². The highest BCUT2D eigenvalue weighted by atomic mass is 16.1. The minimum atomic E-state index is 0.0508. The largest absolute Gasteiger partial charge is 0.360 e. The molecule has 2 heterocycles. The second-order valence-electron chi connectivity index (χ2n) is 4.72. The summed E-state index contributed by atoms with van der Waals surface area (Å²) in [7, 11) is 0. The SMILES string of the molecule is Cc1cccc(C)c1C(=O)c1c[nH]c2ccncc12. The van der Waals surface area contributed by atoms with Crippen LogP contribution in [0.2, 0.25) is 0 Å². The second kappa shape index (κ2) is 4.35. The number of hydrogen-bond acceptors (Lipinski definition) is 2. The van der Waals surface area contributed by atoms with Crippen LogP contribution in [0, 0.1) is 13.8 Å². The fourth-order valence-electron chi connectivity index (χ4n) is 2.46. The van der Waals surface area contributed by atoms with Crippen molar-refractivity contribution in [3.05, 3.63) is 65.1 Å². The van der Waals surface area contributed by atoms with Gasteiger partial charge in [-0.15, -0.1) is 0 Å². The molecule has 0 aliphatic rings. The van der Waals surface area contributed by atoms with Crippen molar-refractivity contribution in [1.82, 2.24) is 9.97 Å². The molecule has 1 aromatic carbocycles. The van der Waals surface area contributed by atoms with Crippen molar-refractivity contribution in [2.45, 2.75) is 13.8 Å². The van der Waals surface area contributed by atoms with Crippen LogP contribution < -0.4 is 0 Å². The van der Waals surface area contributed by atoms with Crippen LogP contribution in [0.1, 0.15) is 27.0 Å². The number of carbonyl (C=O) groups is 1. The van der Waals surface area contributed by atoms with Gasteiger partial charge in [0.2, 0.25) is 0 Å². The van der Waals surface area contributed by atoms with Gasteiger partial charge in [0.05, 0.1) is 0 Å². The molecule has 2 aromatic heterocycles. The molecule has 0 unspecified atom stereocenters. The van der Waals surface area contributed by atoms with Crippen molar-refractivity contribution < 1.29 is 4.79 Å². The van der Waals surface area contributed by atoms with Gasteiger partial charge < -0.3 is 4.98 Å². The number of pyridine rings is 1. The molecule has 19 heavy (non-hydrogen) atoms. The third-order valence-electron chi connectivity index (χ3n) is 3.44. The summed E-state index contributed by atoms with van der Waals surface area (Å²) >= 11 is 0. The highest BCUT2D eigenvalue weighted by molar-refractivity contribution is 6.17. The van der Waals surface area contributed by atoms with Crippen LogP contribution in [0.5, 0.6) is 0 Å². The molecule has 0 aliphatic heterocycles. The Morgan fingerprint density at radius 3 is 2.63 bits per heavy atom. The molecule has 3 nitrogen and oxygen atoms in total. The molecule has 1 N–H and O–H groups in total. The summed E-state index contributed by atoms with van der Waals surface area (Å²) in [5.41, 5.74) is 4.41. The van der Waals surface area contributed by atoms with Gasteiger partial charge in [0.1, 0.15) is 0 Å². The van der Waals surface area contributed by atoms with Crippen LogP contribution >= 0.6 is 0 Å². The summed E-state index contributed by atoms with van der Waals surface area (Å²) in [6.45, 7) is 3.93. The number of aromatic nitrogens is 2. The number of H-pyrrole nitrogens is 1. The number of nitrogens with one attached hydrogen (secondary N) is 1. The van der Waals surface area contributed by atoms with Crippen molar-refractivity contribution in [3.63, 3.8) is 0 Å². The molecule has 0 bridgehead atoms. The number of hydrogen-bond donors (Lipinski definition) is 1. The fourth-order valence-corrected chi connectivity index (χ4v) is 2.46.